The van der Waals surface area contributed by atoms with Gasteiger partial charge in [0.15, 0.2) is 0 Å². The lowest BCUT2D eigenvalue weighted by atomic mass is 10.3. The normalized spacial score (nSPS) is 15.9. The number of piperazine rings is 1. The van der Waals surface area contributed by atoms with E-state index in [0.29, 0.717) is 23.9 Å². The molecule has 1 aromatic heterocycles. The van der Waals surface area contributed by atoms with Gasteiger partial charge in [0.05, 0.1) is 10.7 Å². The van der Waals surface area contributed by atoms with Crippen molar-refractivity contribution in [3.8, 4) is 5.69 Å². The Kier molecular flexibility index (Phi) is 4.63. The zero-order valence-corrected chi connectivity index (χ0v) is 14.1. The van der Waals surface area contributed by atoms with E-state index in [1.165, 1.54) is 0 Å². The monoisotopic (exact) mass is 333 g/mol. The number of halogens is 1. The minimum Gasteiger partial charge on any atom is -0.333 e. The van der Waals surface area contributed by atoms with E-state index in [1.54, 1.807) is 10.7 Å². The van der Waals surface area contributed by atoms with E-state index in [2.05, 4.69) is 21.9 Å². The predicted molar refractivity (Wildman–Crippen MR) is 89.1 cm³/mol. The second-order valence-corrected chi connectivity index (χ2v) is 5.98. The van der Waals surface area contributed by atoms with Crippen molar-refractivity contribution < 1.29 is 4.79 Å². The highest BCUT2D eigenvalue weighted by Crippen LogP contribution is 2.20. The maximum absolute atomic E-state index is 12.6. The second kappa shape index (κ2) is 6.68. The fraction of sp³-hybridized carbons (Fsp3) is 0.438. The Balaban J connectivity index is 1.81. The standard InChI is InChI=1S/C16H20ClN5O/c1-3-20-8-10-21(11-9-20)16(23)15-18-12(2)22(19-15)14-7-5-4-6-13(14)17/h4-7H,3,8-11H2,1-2H3. The molecule has 1 aromatic carbocycles. The highest BCUT2D eigenvalue weighted by Gasteiger charge is 2.25. The molecule has 23 heavy (non-hydrogen) atoms. The molecule has 3 rings (SSSR count). The average Bonchev–Trinajstić information content (AvgIpc) is 2.96. The number of carbonyl (C=O) groups excluding carboxylic acids is 1. The number of likely N-dealkylation sites (N-methyl/N-ethyl adjacent to an activating group) is 1. The summed E-state index contributed by atoms with van der Waals surface area (Å²) in [4.78, 5) is 21.1. The van der Waals surface area contributed by atoms with Crippen LogP contribution in [0, 0.1) is 6.92 Å². The molecule has 122 valence electrons. The van der Waals surface area contributed by atoms with E-state index in [-0.39, 0.29) is 11.7 Å². The van der Waals surface area contributed by atoms with Crippen molar-refractivity contribution >= 4 is 17.5 Å². The second-order valence-electron chi connectivity index (χ2n) is 5.57. The number of hydrogen-bond acceptors (Lipinski definition) is 4. The fourth-order valence-electron chi connectivity index (χ4n) is 2.74. The van der Waals surface area contributed by atoms with Crippen molar-refractivity contribution in [3.05, 3.63) is 40.9 Å². The van der Waals surface area contributed by atoms with E-state index in [9.17, 15) is 4.79 Å². The summed E-state index contributed by atoms with van der Waals surface area (Å²) in [6.07, 6.45) is 0. The van der Waals surface area contributed by atoms with Crippen LogP contribution in [0.15, 0.2) is 24.3 Å². The highest BCUT2D eigenvalue weighted by atomic mass is 35.5. The summed E-state index contributed by atoms with van der Waals surface area (Å²) in [5.74, 6) is 0.760. The first-order valence-electron chi connectivity index (χ1n) is 7.80. The van der Waals surface area contributed by atoms with Crippen molar-refractivity contribution in [2.24, 2.45) is 0 Å². The van der Waals surface area contributed by atoms with Crippen molar-refractivity contribution in [1.82, 2.24) is 24.6 Å². The van der Waals surface area contributed by atoms with Gasteiger partial charge in [0.25, 0.3) is 5.91 Å². The van der Waals surface area contributed by atoms with Gasteiger partial charge in [-0.2, -0.15) is 0 Å². The fourth-order valence-corrected chi connectivity index (χ4v) is 2.96. The number of aromatic nitrogens is 3. The summed E-state index contributed by atoms with van der Waals surface area (Å²) >= 11 is 6.21. The van der Waals surface area contributed by atoms with Crippen molar-refractivity contribution in [3.63, 3.8) is 0 Å². The Morgan fingerprint density at radius 1 is 1.22 bits per heavy atom. The summed E-state index contributed by atoms with van der Waals surface area (Å²) < 4.78 is 1.62. The first kappa shape index (κ1) is 16.0. The van der Waals surface area contributed by atoms with Gasteiger partial charge < -0.3 is 9.80 Å². The highest BCUT2D eigenvalue weighted by molar-refractivity contribution is 6.32. The maximum Gasteiger partial charge on any atom is 0.293 e. The smallest absolute Gasteiger partial charge is 0.293 e. The Hall–Kier alpha value is -1.92. The summed E-state index contributed by atoms with van der Waals surface area (Å²) in [6.45, 7) is 8.19. The number of carbonyl (C=O) groups is 1. The molecule has 0 saturated carbocycles. The minimum absolute atomic E-state index is 0.116. The Labute approximate surface area is 140 Å². The SMILES string of the molecule is CCN1CCN(C(=O)c2nc(C)n(-c3ccccc3Cl)n2)CC1. The Bertz CT molecular complexity index is 706. The van der Waals surface area contributed by atoms with Crippen LogP contribution in [-0.2, 0) is 0 Å². The molecule has 1 aliphatic heterocycles. The summed E-state index contributed by atoms with van der Waals surface area (Å²) in [7, 11) is 0. The molecular weight excluding hydrogens is 314 g/mol. The van der Waals surface area contributed by atoms with Crippen LogP contribution in [0.1, 0.15) is 23.4 Å². The molecule has 7 heteroatoms. The molecular formula is C16H20ClN5O. The van der Waals surface area contributed by atoms with Gasteiger partial charge in [0, 0.05) is 26.2 Å². The van der Waals surface area contributed by atoms with Gasteiger partial charge in [0.1, 0.15) is 5.82 Å². The molecule has 1 saturated heterocycles. The molecule has 0 radical (unpaired) electrons. The van der Waals surface area contributed by atoms with Gasteiger partial charge in [0.2, 0.25) is 5.82 Å². The lowest BCUT2D eigenvalue weighted by molar-refractivity contribution is 0.0631. The molecule has 2 aromatic rings. The third kappa shape index (κ3) is 3.23. The molecule has 0 unspecified atom stereocenters. The molecule has 0 N–H and O–H groups in total. The number of nitrogens with zero attached hydrogens (tertiary/aromatic N) is 5. The van der Waals surface area contributed by atoms with Gasteiger partial charge in [-0.3, -0.25) is 4.79 Å². The van der Waals surface area contributed by atoms with Crippen molar-refractivity contribution in [2.75, 3.05) is 32.7 Å². The minimum atomic E-state index is -0.116. The lowest BCUT2D eigenvalue weighted by Crippen LogP contribution is -2.48. The first-order valence-corrected chi connectivity index (χ1v) is 8.18. The van der Waals surface area contributed by atoms with Gasteiger partial charge in [-0.05, 0) is 25.6 Å². The van der Waals surface area contributed by atoms with Crippen molar-refractivity contribution in [1.29, 1.82) is 0 Å². The molecule has 1 fully saturated rings. The summed E-state index contributed by atoms with van der Waals surface area (Å²) in [6, 6.07) is 7.40. The molecule has 2 heterocycles. The van der Waals surface area contributed by atoms with Gasteiger partial charge in [-0.1, -0.05) is 30.7 Å². The molecule has 0 bridgehead atoms. The van der Waals surface area contributed by atoms with E-state index in [0.717, 1.165) is 25.3 Å². The third-order valence-electron chi connectivity index (χ3n) is 4.15. The van der Waals surface area contributed by atoms with E-state index < -0.39 is 0 Å². The number of benzene rings is 1. The summed E-state index contributed by atoms with van der Waals surface area (Å²) in [5.41, 5.74) is 0.731. The quantitative estimate of drug-likeness (QED) is 0.862. The number of rotatable bonds is 3. The van der Waals surface area contributed by atoms with Crippen LogP contribution in [0.5, 0.6) is 0 Å². The topological polar surface area (TPSA) is 54.3 Å². The molecule has 1 aliphatic rings. The van der Waals surface area contributed by atoms with Crippen LogP contribution in [0.25, 0.3) is 5.69 Å². The lowest BCUT2D eigenvalue weighted by Gasteiger charge is -2.33. The number of amides is 1. The van der Waals surface area contributed by atoms with Crippen LogP contribution in [0.2, 0.25) is 5.02 Å². The number of para-hydroxylation sites is 1. The zero-order valence-electron chi connectivity index (χ0n) is 13.4. The largest absolute Gasteiger partial charge is 0.333 e. The van der Waals surface area contributed by atoms with Crippen molar-refractivity contribution in [2.45, 2.75) is 13.8 Å². The third-order valence-corrected chi connectivity index (χ3v) is 4.47. The molecule has 0 spiro atoms. The van der Waals surface area contributed by atoms with Crippen LogP contribution >= 0.6 is 11.6 Å². The van der Waals surface area contributed by atoms with Gasteiger partial charge in [-0.15, -0.1) is 5.10 Å². The Morgan fingerprint density at radius 3 is 2.57 bits per heavy atom. The molecule has 0 aliphatic carbocycles. The van der Waals surface area contributed by atoms with Crippen LogP contribution in [0.4, 0.5) is 0 Å². The van der Waals surface area contributed by atoms with E-state index >= 15 is 0 Å². The Morgan fingerprint density at radius 2 is 1.91 bits per heavy atom. The van der Waals surface area contributed by atoms with Gasteiger partial charge >= 0.3 is 0 Å². The number of aryl methyl sites for hydroxylation is 1. The van der Waals surface area contributed by atoms with E-state index in [4.69, 9.17) is 11.6 Å². The molecule has 0 atom stereocenters. The molecule has 1 amide bonds. The number of hydrogen-bond donors (Lipinski definition) is 0. The average molecular weight is 334 g/mol. The van der Waals surface area contributed by atoms with E-state index in [1.807, 2.05) is 30.0 Å². The van der Waals surface area contributed by atoms with Gasteiger partial charge in [-0.25, -0.2) is 9.67 Å². The van der Waals surface area contributed by atoms with Crippen LogP contribution in [0.3, 0.4) is 0 Å². The van der Waals surface area contributed by atoms with Crippen LogP contribution < -0.4 is 0 Å². The predicted octanol–water partition coefficient (Wildman–Crippen LogP) is 2.01. The summed E-state index contributed by atoms with van der Waals surface area (Å²) in [5, 5.41) is 4.95. The first-order chi connectivity index (χ1) is 11.1. The molecule has 6 nitrogen and oxygen atoms in total. The zero-order chi connectivity index (χ0) is 16.4. The van der Waals surface area contributed by atoms with Crippen LogP contribution in [-0.4, -0.2) is 63.2 Å². The maximum atomic E-state index is 12.6.